The summed E-state index contributed by atoms with van der Waals surface area (Å²) in [5.41, 5.74) is -2.00. The molecule has 0 saturated carbocycles. The summed E-state index contributed by atoms with van der Waals surface area (Å²) in [5, 5.41) is 9.96. The molecule has 0 aliphatic carbocycles. The molecule has 3 atom stereocenters. The number of methoxy groups -OCH3 is 3. The van der Waals surface area contributed by atoms with E-state index in [1.165, 1.54) is 54.6 Å². The summed E-state index contributed by atoms with van der Waals surface area (Å²) in [7, 11) is 3.39. The van der Waals surface area contributed by atoms with Crippen molar-refractivity contribution in [3.8, 4) is 6.07 Å². The Morgan fingerprint density at radius 3 is 2.27 bits per heavy atom. The molecule has 2 aliphatic heterocycles. The van der Waals surface area contributed by atoms with E-state index in [1.807, 2.05) is 6.07 Å². The number of rotatable bonds is 4. The quantitative estimate of drug-likeness (QED) is 0.414. The molecule has 9 heteroatoms. The van der Waals surface area contributed by atoms with E-state index < -0.39 is 47.1 Å². The zero-order valence-electron chi connectivity index (χ0n) is 16.5. The van der Waals surface area contributed by atoms with Crippen molar-refractivity contribution >= 4 is 17.9 Å². The molecule has 1 aromatic carbocycles. The lowest BCUT2D eigenvalue weighted by atomic mass is 9.67. The van der Waals surface area contributed by atoms with Crippen LogP contribution in [0.15, 0.2) is 48.2 Å². The van der Waals surface area contributed by atoms with Gasteiger partial charge in [-0.1, -0.05) is 24.3 Å². The third-order valence-corrected chi connectivity index (χ3v) is 5.50. The molecule has 8 nitrogen and oxygen atoms in total. The third kappa shape index (κ3) is 2.84. The fraction of sp³-hybridized carbons (Fsp3) is 0.333. The van der Waals surface area contributed by atoms with Crippen LogP contribution in [0.3, 0.4) is 0 Å². The Kier molecular flexibility index (Phi) is 5.60. The molecule has 1 fully saturated rings. The molecule has 0 N–H and O–H groups in total. The molecule has 156 valence electrons. The molecule has 0 aromatic heterocycles. The highest BCUT2D eigenvalue weighted by Crippen LogP contribution is 2.54. The summed E-state index contributed by atoms with van der Waals surface area (Å²) >= 11 is 0. The summed E-state index contributed by atoms with van der Waals surface area (Å²) in [4.78, 5) is 39.6. The molecule has 2 heterocycles. The molecule has 0 spiro atoms. The number of carbonyl (C=O) groups is 3. The molecule has 0 bridgehead atoms. The van der Waals surface area contributed by atoms with E-state index in [1.54, 1.807) is 0 Å². The predicted molar refractivity (Wildman–Crippen MR) is 99.9 cm³/mol. The SMILES string of the molecule is COC(=O)C1=CN2C(C#N)C(c3ccccc3F)C(C(=O)OC)(C(=O)OC)C2C=C1. The van der Waals surface area contributed by atoms with Crippen LogP contribution in [0.5, 0.6) is 0 Å². The van der Waals surface area contributed by atoms with Gasteiger partial charge < -0.3 is 19.1 Å². The average molecular weight is 414 g/mol. The second-order valence-electron chi connectivity index (χ2n) is 6.75. The van der Waals surface area contributed by atoms with Crippen molar-refractivity contribution in [2.75, 3.05) is 21.3 Å². The number of fused-ring (bicyclic) bond motifs is 1. The minimum atomic E-state index is -2.08. The minimum Gasteiger partial charge on any atom is -0.468 e. The highest BCUT2D eigenvalue weighted by Gasteiger charge is 2.70. The molecule has 1 saturated heterocycles. The van der Waals surface area contributed by atoms with E-state index in [9.17, 15) is 24.0 Å². The van der Waals surface area contributed by atoms with Crippen molar-refractivity contribution in [1.29, 1.82) is 5.26 Å². The Hall–Kier alpha value is -3.67. The van der Waals surface area contributed by atoms with Crippen LogP contribution in [0.1, 0.15) is 11.5 Å². The van der Waals surface area contributed by atoms with Crippen LogP contribution >= 0.6 is 0 Å². The van der Waals surface area contributed by atoms with Crippen molar-refractivity contribution in [1.82, 2.24) is 4.90 Å². The van der Waals surface area contributed by atoms with Crippen LogP contribution in [0.2, 0.25) is 0 Å². The van der Waals surface area contributed by atoms with Gasteiger partial charge in [-0.05, 0) is 17.7 Å². The van der Waals surface area contributed by atoms with Crippen LogP contribution in [0.25, 0.3) is 0 Å². The van der Waals surface area contributed by atoms with Gasteiger partial charge in [-0.15, -0.1) is 0 Å². The molecule has 3 unspecified atom stereocenters. The van der Waals surface area contributed by atoms with Gasteiger partial charge >= 0.3 is 17.9 Å². The molecular formula is C21H19FN2O6. The topological polar surface area (TPSA) is 106 Å². The summed E-state index contributed by atoms with van der Waals surface area (Å²) in [6.45, 7) is 0. The first-order valence-corrected chi connectivity index (χ1v) is 8.95. The van der Waals surface area contributed by atoms with Gasteiger partial charge in [0.15, 0.2) is 5.41 Å². The standard InChI is InChI=1S/C21H19FN2O6/c1-28-18(25)12-8-9-16-21(19(26)29-2,20(27)30-3)17(15(10-23)24(16)11-12)13-6-4-5-7-14(13)22/h4-9,11,15-17H,1-3H3. The van der Waals surface area contributed by atoms with Gasteiger partial charge in [0.05, 0.1) is 44.9 Å². The van der Waals surface area contributed by atoms with Crippen LogP contribution in [0, 0.1) is 22.6 Å². The van der Waals surface area contributed by atoms with Crippen molar-refractivity contribution in [2.24, 2.45) is 5.41 Å². The summed E-state index contributed by atoms with van der Waals surface area (Å²) < 4.78 is 29.4. The zero-order chi connectivity index (χ0) is 22.1. The maximum atomic E-state index is 14.8. The number of hydrogen-bond donors (Lipinski definition) is 0. The predicted octanol–water partition coefficient (Wildman–Crippen LogP) is 1.44. The van der Waals surface area contributed by atoms with Gasteiger partial charge in [0.2, 0.25) is 0 Å². The Morgan fingerprint density at radius 1 is 1.10 bits per heavy atom. The average Bonchev–Trinajstić information content (AvgIpc) is 3.07. The molecule has 30 heavy (non-hydrogen) atoms. The van der Waals surface area contributed by atoms with E-state index in [0.717, 1.165) is 14.2 Å². The number of esters is 3. The normalized spacial score (nSPS) is 23.6. The van der Waals surface area contributed by atoms with Crippen molar-refractivity contribution < 1.29 is 33.0 Å². The molecule has 3 rings (SSSR count). The highest BCUT2D eigenvalue weighted by atomic mass is 19.1. The van der Waals surface area contributed by atoms with Gasteiger partial charge in [-0.2, -0.15) is 5.26 Å². The van der Waals surface area contributed by atoms with Crippen molar-refractivity contribution in [3.05, 3.63) is 59.6 Å². The lowest BCUT2D eigenvalue weighted by Crippen LogP contribution is -2.52. The van der Waals surface area contributed by atoms with Crippen molar-refractivity contribution in [3.63, 3.8) is 0 Å². The van der Waals surface area contributed by atoms with E-state index in [4.69, 9.17) is 14.2 Å². The number of nitrogens with zero attached hydrogens (tertiary/aromatic N) is 2. The summed E-state index contributed by atoms with van der Waals surface area (Å²) in [5.74, 6) is -4.59. The number of halogens is 1. The third-order valence-electron chi connectivity index (χ3n) is 5.50. The zero-order valence-corrected chi connectivity index (χ0v) is 16.5. The van der Waals surface area contributed by atoms with E-state index in [0.29, 0.717) is 0 Å². The number of ether oxygens (including phenoxy) is 3. The Balaban J connectivity index is 2.33. The van der Waals surface area contributed by atoms with E-state index >= 15 is 0 Å². The fourth-order valence-electron chi connectivity index (χ4n) is 4.26. The first-order valence-electron chi connectivity index (χ1n) is 8.95. The van der Waals surface area contributed by atoms with Crippen LogP contribution in [-0.4, -0.2) is 56.2 Å². The Morgan fingerprint density at radius 2 is 1.73 bits per heavy atom. The fourth-order valence-corrected chi connectivity index (χ4v) is 4.26. The second-order valence-corrected chi connectivity index (χ2v) is 6.75. The maximum absolute atomic E-state index is 14.8. The highest BCUT2D eigenvalue weighted by molar-refractivity contribution is 6.04. The number of hydrogen-bond acceptors (Lipinski definition) is 8. The minimum absolute atomic E-state index is 0.0179. The summed E-state index contributed by atoms with van der Waals surface area (Å²) in [6.07, 6.45) is 4.13. The van der Waals surface area contributed by atoms with E-state index in [-0.39, 0.29) is 11.1 Å². The van der Waals surface area contributed by atoms with Crippen LogP contribution in [-0.2, 0) is 28.6 Å². The number of nitriles is 1. The second kappa shape index (κ2) is 7.99. The van der Waals surface area contributed by atoms with Crippen molar-refractivity contribution in [2.45, 2.75) is 18.0 Å². The molecule has 1 aromatic rings. The first kappa shape index (κ1) is 21.0. The molecule has 0 amide bonds. The van der Waals surface area contributed by atoms with Crippen LogP contribution < -0.4 is 0 Å². The molecule has 2 aliphatic rings. The number of benzene rings is 1. The lowest BCUT2D eigenvalue weighted by Gasteiger charge is -2.34. The largest absolute Gasteiger partial charge is 0.468 e. The Bertz CT molecular complexity index is 979. The smallest absolute Gasteiger partial charge is 0.339 e. The summed E-state index contributed by atoms with van der Waals surface area (Å²) in [6, 6.07) is 5.37. The van der Waals surface area contributed by atoms with Gasteiger partial charge in [0.25, 0.3) is 0 Å². The lowest BCUT2D eigenvalue weighted by molar-refractivity contribution is -0.171. The maximum Gasteiger partial charge on any atom is 0.339 e. The van der Waals surface area contributed by atoms with Gasteiger partial charge in [0, 0.05) is 6.20 Å². The molecular weight excluding hydrogens is 395 g/mol. The molecule has 0 radical (unpaired) electrons. The monoisotopic (exact) mass is 414 g/mol. The van der Waals surface area contributed by atoms with Gasteiger partial charge in [-0.3, -0.25) is 9.59 Å². The Labute approximate surface area is 172 Å². The first-order chi connectivity index (χ1) is 14.4. The number of carbonyl (C=O) groups excluding carboxylic acids is 3. The van der Waals surface area contributed by atoms with Crippen LogP contribution in [0.4, 0.5) is 4.39 Å². The van der Waals surface area contributed by atoms with Gasteiger partial charge in [0.1, 0.15) is 11.9 Å². The van der Waals surface area contributed by atoms with Gasteiger partial charge in [-0.25, -0.2) is 9.18 Å². The van der Waals surface area contributed by atoms with E-state index in [2.05, 4.69) is 0 Å².